The van der Waals surface area contributed by atoms with Crippen LogP contribution in [0.5, 0.6) is 5.75 Å². The number of aryl methyl sites for hydroxylation is 2. The molecule has 0 spiro atoms. The number of ether oxygens (including phenoxy) is 1. The van der Waals surface area contributed by atoms with Gasteiger partial charge in [0, 0.05) is 31.4 Å². The average Bonchev–Trinajstić information content (AvgIpc) is 2.87. The molecular formula is C15H16N2O2. The van der Waals surface area contributed by atoms with Crippen molar-refractivity contribution >= 4 is 5.69 Å². The number of hydrogen-bond donors (Lipinski definition) is 1. The van der Waals surface area contributed by atoms with Crippen LogP contribution in [0.15, 0.2) is 41.5 Å². The molecule has 0 amide bonds. The normalized spacial score (nSPS) is 13.1. The first-order chi connectivity index (χ1) is 9.22. The van der Waals surface area contributed by atoms with E-state index in [1.165, 1.54) is 17.2 Å². The minimum atomic E-state index is -0.120. The maximum Gasteiger partial charge on any atom is 0.204 e. The first-order valence-corrected chi connectivity index (χ1v) is 6.42. The Morgan fingerprint density at radius 1 is 1.32 bits per heavy atom. The van der Waals surface area contributed by atoms with E-state index in [0.717, 1.165) is 31.7 Å². The van der Waals surface area contributed by atoms with Crippen LogP contribution in [-0.4, -0.2) is 11.2 Å². The van der Waals surface area contributed by atoms with Crippen molar-refractivity contribution < 1.29 is 4.74 Å². The van der Waals surface area contributed by atoms with Crippen molar-refractivity contribution in [3.63, 3.8) is 0 Å². The third-order valence-electron chi connectivity index (χ3n) is 3.42. The molecule has 0 saturated carbocycles. The highest BCUT2D eigenvalue weighted by atomic mass is 16.5. The maximum atomic E-state index is 11.2. The van der Waals surface area contributed by atoms with Gasteiger partial charge in [-0.3, -0.25) is 4.79 Å². The number of nitrogens with zero attached hydrogens (tertiary/aromatic N) is 1. The van der Waals surface area contributed by atoms with Gasteiger partial charge in [-0.2, -0.15) is 0 Å². The molecule has 0 fully saturated rings. The molecule has 0 aliphatic carbocycles. The molecule has 0 atom stereocenters. The van der Waals surface area contributed by atoms with E-state index < -0.39 is 0 Å². The van der Waals surface area contributed by atoms with E-state index in [0.29, 0.717) is 5.69 Å². The van der Waals surface area contributed by atoms with E-state index in [2.05, 4.69) is 12.1 Å². The van der Waals surface area contributed by atoms with Crippen LogP contribution in [0, 0.1) is 0 Å². The summed E-state index contributed by atoms with van der Waals surface area (Å²) in [5.41, 5.74) is 8.36. The number of nitrogen functional groups attached to an aromatic ring is 1. The molecule has 0 unspecified atom stereocenters. The zero-order valence-electron chi connectivity index (χ0n) is 10.6. The van der Waals surface area contributed by atoms with Gasteiger partial charge in [-0.05, 0) is 23.6 Å². The Bertz CT molecular complexity index is 661. The molecule has 2 aromatic rings. The summed E-state index contributed by atoms with van der Waals surface area (Å²) in [5.74, 6) is 1.01. The van der Waals surface area contributed by atoms with Gasteiger partial charge in [0.1, 0.15) is 5.75 Å². The van der Waals surface area contributed by atoms with E-state index >= 15 is 0 Å². The lowest BCUT2D eigenvalue weighted by Gasteiger charge is -2.08. The minimum Gasteiger partial charge on any atom is -0.493 e. The molecular weight excluding hydrogens is 240 g/mol. The van der Waals surface area contributed by atoms with Crippen molar-refractivity contribution in [3.05, 3.63) is 58.0 Å². The summed E-state index contributed by atoms with van der Waals surface area (Å²) in [4.78, 5) is 11.2. The predicted molar refractivity (Wildman–Crippen MR) is 74.5 cm³/mol. The van der Waals surface area contributed by atoms with Crippen molar-refractivity contribution in [3.8, 4) is 5.75 Å². The van der Waals surface area contributed by atoms with Crippen molar-refractivity contribution in [2.24, 2.45) is 0 Å². The van der Waals surface area contributed by atoms with Crippen LogP contribution in [0.3, 0.4) is 0 Å². The number of rotatable bonds is 3. The fourth-order valence-electron chi connectivity index (χ4n) is 2.34. The third-order valence-corrected chi connectivity index (χ3v) is 3.42. The first-order valence-electron chi connectivity index (χ1n) is 6.42. The molecule has 0 saturated heterocycles. The Kier molecular flexibility index (Phi) is 2.99. The van der Waals surface area contributed by atoms with E-state index in [-0.39, 0.29) is 5.43 Å². The number of nitrogens with two attached hydrogens (primary N) is 1. The summed E-state index contributed by atoms with van der Waals surface area (Å²) in [7, 11) is 0. The molecule has 2 heterocycles. The van der Waals surface area contributed by atoms with E-state index in [1.54, 1.807) is 12.4 Å². The Morgan fingerprint density at radius 3 is 3.05 bits per heavy atom. The highest BCUT2D eigenvalue weighted by Crippen LogP contribution is 2.26. The van der Waals surface area contributed by atoms with E-state index in [4.69, 9.17) is 10.5 Å². The Morgan fingerprint density at radius 2 is 2.21 bits per heavy atom. The lowest BCUT2D eigenvalue weighted by molar-refractivity contribution is 0.357. The van der Waals surface area contributed by atoms with Crippen LogP contribution in [0.4, 0.5) is 5.69 Å². The Balaban J connectivity index is 1.72. The van der Waals surface area contributed by atoms with Gasteiger partial charge in [0.05, 0.1) is 12.3 Å². The number of anilines is 1. The van der Waals surface area contributed by atoms with Gasteiger partial charge in [0.2, 0.25) is 5.43 Å². The summed E-state index contributed by atoms with van der Waals surface area (Å²) in [6, 6.07) is 7.84. The van der Waals surface area contributed by atoms with Crippen LogP contribution in [0.1, 0.15) is 11.1 Å². The molecule has 98 valence electrons. The summed E-state index contributed by atoms with van der Waals surface area (Å²) < 4.78 is 7.43. The number of pyridine rings is 1. The lowest BCUT2D eigenvalue weighted by atomic mass is 10.1. The summed E-state index contributed by atoms with van der Waals surface area (Å²) in [6.45, 7) is 1.60. The minimum absolute atomic E-state index is 0.120. The zero-order chi connectivity index (χ0) is 13.2. The Hall–Kier alpha value is -2.23. The maximum absolute atomic E-state index is 11.2. The molecule has 1 aromatic carbocycles. The van der Waals surface area contributed by atoms with Gasteiger partial charge in [0.15, 0.2) is 0 Å². The highest BCUT2D eigenvalue weighted by Gasteiger charge is 2.11. The Labute approximate surface area is 111 Å². The monoisotopic (exact) mass is 256 g/mol. The molecule has 1 aliphatic heterocycles. The second-order valence-corrected chi connectivity index (χ2v) is 4.79. The van der Waals surface area contributed by atoms with Crippen LogP contribution in [-0.2, 0) is 19.4 Å². The molecule has 1 aliphatic rings. The van der Waals surface area contributed by atoms with Crippen molar-refractivity contribution in [1.82, 2.24) is 4.57 Å². The van der Waals surface area contributed by atoms with Crippen LogP contribution in [0.25, 0.3) is 0 Å². The van der Waals surface area contributed by atoms with Crippen LogP contribution in [0.2, 0.25) is 0 Å². The largest absolute Gasteiger partial charge is 0.493 e. The fourth-order valence-corrected chi connectivity index (χ4v) is 2.34. The van der Waals surface area contributed by atoms with Crippen molar-refractivity contribution in [2.45, 2.75) is 19.4 Å². The molecule has 0 radical (unpaired) electrons. The number of aromatic nitrogens is 1. The smallest absolute Gasteiger partial charge is 0.204 e. The standard InChI is InChI=1S/C15H16N2O2/c16-13-10-17(7-4-14(13)18)6-3-11-1-2-15-12(9-11)5-8-19-15/h1-2,4,7,9-10H,3,5-6,8,16H2. The van der Waals surface area contributed by atoms with Gasteiger partial charge >= 0.3 is 0 Å². The van der Waals surface area contributed by atoms with Gasteiger partial charge in [0.25, 0.3) is 0 Å². The predicted octanol–water partition coefficient (Wildman–Crippen LogP) is 1.61. The summed E-state index contributed by atoms with van der Waals surface area (Å²) in [6.07, 6.45) is 5.37. The molecule has 0 bridgehead atoms. The molecule has 3 rings (SSSR count). The van der Waals surface area contributed by atoms with Crippen molar-refractivity contribution in [2.75, 3.05) is 12.3 Å². The lowest BCUT2D eigenvalue weighted by Crippen LogP contribution is -2.11. The molecule has 19 heavy (non-hydrogen) atoms. The van der Waals surface area contributed by atoms with Gasteiger partial charge < -0.3 is 15.0 Å². The second kappa shape index (κ2) is 4.80. The van der Waals surface area contributed by atoms with Crippen molar-refractivity contribution in [1.29, 1.82) is 0 Å². The summed E-state index contributed by atoms with van der Waals surface area (Å²) >= 11 is 0. The first kappa shape index (κ1) is 11.8. The quantitative estimate of drug-likeness (QED) is 0.907. The van der Waals surface area contributed by atoms with Crippen LogP contribution >= 0.6 is 0 Å². The van der Waals surface area contributed by atoms with Gasteiger partial charge in [-0.1, -0.05) is 12.1 Å². The zero-order valence-corrected chi connectivity index (χ0v) is 10.6. The second-order valence-electron chi connectivity index (χ2n) is 4.79. The molecule has 4 nitrogen and oxygen atoms in total. The average molecular weight is 256 g/mol. The van der Waals surface area contributed by atoms with E-state index in [9.17, 15) is 4.79 Å². The SMILES string of the molecule is Nc1cn(CCc2ccc3c(c2)CCO3)ccc1=O. The van der Waals surface area contributed by atoms with Crippen LogP contribution < -0.4 is 15.9 Å². The fraction of sp³-hybridized carbons (Fsp3) is 0.267. The molecule has 1 aromatic heterocycles. The third kappa shape index (κ3) is 2.47. The molecule has 4 heteroatoms. The summed E-state index contributed by atoms with van der Waals surface area (Å²) in [5, 5.41) is 0. The molecule has 2 N–H and O–H groups in total. The van der Waals surface area contributed by atoms with Gasteiger partial charge in [-0.25, -0.2) is 0 Å². The highest BCUT2D eigenvalue weighted by molar-refractivity contribution is 5.40. The van der Waals surface area contributed by atoms with Gasteiger partial charge in [-0.15, -0.1) is 0 Å². The number of fused-ring (bicyclic) bond motifs is 1. The van der Waals surface area contributed by atoms with E-state index in [1.807, 2.05) is 10.6 Å². The number of benzene rings is 1. The topological polar surface area (TPSA) is 57.2 Å². The number of hydrogen-bond acceptors (Lipinski definition) is 3.